The van der Waals surface area contributed by atoms with Crippen molar-refractivity contribution in [3.8, 4) is 17.2 Å². The molecule has 2 aromatic carbocycles. The molecule has 2 aliphatic rings. The molecule has 0 aromatic heterocycles. The Kier molecular flexibility index (Phi) is 4.37. The van der Waals surface area contributed by atoms with E-state index in [2.05, 4.69) is 6.58 Å². The van der Waals surface area contributed by atoms with Crippen LogP contribution in [0.3, 0.4) is 0 Å². The highest BCUT2D eigenvalue weighted by molar-refractivity contribution is 5.54. The molecule has 0 spiro atoms. The number of ether oxygens (including phenoxy) is 2. The van der Waals surface area contributed by atoms with Gasteiger partial charge in [0.15, 0.2) is 0 Å². The Morgan fingerprint density at radius 2 is 1.92 bits per heavy atom. The van der Waals surface area contributed by atoms with Crippen LogP contribution in [-0.2, 0) is 11.3 Å². The summed E-state index contributed by atoms with van der Waals surface area (Å²) in [5.74, 6) is 1.74. The first-order valence-electron chi connectivity index (χ1n) is 9.15. The Bertz CT molecular complexity index is 825. The number of allylic oxidation sites excluding steroid dienone is 1. The molecule has 0 amide bonds. The number of phenols is 2. The number of rotatable bonds is 4. The Balaban J connectivity index is 1.81. The van der Waals surface area contributed by atoms with Gasteiger partial charge in [0.25, 0.3) is 0 Å². The minimum absolute atomic E-state index is 0.0998. The maximum absolute atomic E-state index is 10.2. The van der Waals surface area contributed by atoms with Gasteiger partial charge in [0.2, 0.25) is 0 Å². The van der Waals surface area contributed by atoms with Crippen LogP contribution in [0, 0.1) is 5.92 Å². The Morgan fingerprint density at radius 1 is 1.15 bits per heavy atom. The van der Waals surface area contributed by atoms with Gasteiger partial charge in [0.05, 0.1) is 6.61 Å². The Hall–Kier alpha value is -2.46. The van der Waals surface area contributed by atoms with Gasteiger partial charge in [-0.3, -0.25) is 0 Å². The average Bonchev–Trinajstić information content (AvgIpc) is 3.02. The lowest BCUT2D eigenvalue weighted by Gasteiger charge is -2.38. The van der Waals surface area contributed by atoms with Gasteiger partial charge < -0.3 is 19.7 Å². The van der Waals surface area contributed by atoms with Crippen molar-refractivity contribution in [1.29, 1.82) is 0 Å². The molecular formula is C22H24O4. The molecule has 0 saturated heterocycles. The maximum Gasteiger partial charge on any atom is 0.129 e. The van der Waals surface area contributed by atoms with Crippen molar-refractivity contribution in [2.45, 2.75) is 38.4 Å². The van der Waals surface area contributed by atoms with E-state index >= 15 is 0 Å². The van der Waals surface area contributed by atoms with Gasteiger partial charge in [-0.25, -0.2) is 0 Å². The molecule has 2 aromatic rings. The van der Waals surface area contributed by atoms with Crippen LogP contribution in [0.15, 0.2) is 48.6 Å². The zero-order valence-corrected chi connectivity index (χ0v) is 14.9. The number of phenolic OH excluding ortho intramolecular Hbond substituents is 2. The summed E-state index contributed by atoms with van der Waals surface area (Å²) >= 11 is 0. The van der Waals surface area contributed by atoms with Crippen molar-refractivity contribution in [3.63, 3.8) is 0 Å². The molecule has 1 aliphatic heterocycles. The summed E-state index contributed by atoms with van der Waals surface area (Å²) in [6, 6.07) is 10.8. The smallest absolute Gasteiger partial charge is 0.129 e. The van der Waals surface area contributed by atoms with Crippen molar-refractivity contribution < 1.29 is 19.7 Å². The molecule has 4 nitrogen and oxygen atoms in total. The van der Waals surface area contributed by atoms with Crippen molar-refractivity contribution >= 4 is 0 Å². The lowest BCUT2D eigenvalue weighted by atomic mass is 9.78. The third-order valence-electron chi connectivity index (χ3n) is 5.50. The largest absolute Gasteiger partial charge is 0.508 e. The number of hydrogen-bond donors (Lipinski definition) is 2. The SMILES string of the molecule is C=C1CC[C@@H]2[C@H](c3ccc(O)cc3)Oc3c(COCC)cc(O)cc3[C@H]12. The quantitative estimate of drug-likeness (QED) is 0.775. The van der Waals surface area contributed by atoms with Gasteiger partial charge in [-0.2, -0.15) is 0 Å². The fraction of sp³-hybridized carbons (Fsp3) is 0.364. The molecule has 1 fully saturated rings. The summed E-state index contributed by atoms with van der Waals surface area (Å²) in [7, 11) is 0. The summed E-state index contributed by atoms with van der Waals surface area (Å²) in [5, 5.41) is 19.8. The number of fused-ring (bicyclic) bond motifs is 3. The van der Waals surface area contributed by atoms with Crippen LogP contribution in [0.5, 0.6) is 17.2 Å². The first-order valence-corrected chi connectivity index (χ1v) is 9.15. The number of benzene rings is 2. The second-order valence-corrected chi connectivity index (χ2v) is 7.13. The van der Waals surface area contributed by atoms with Gasteiger partial charge in [-0.1, -0.05) is 24.3 Å². The van der Waals surface area contributed by atoms with E-state index in [4.69, 9.17) is 9.47 Å². The molecular weight excluding hydrogens is 328 g/mol. The molecule has 1 aliphatic carbocycles. The summed E-state index contributed by atoms with van der Waals surface area (Å²) in [5.41, 5.74) is 4.12. The monoisotopic (exact) mass is 352 g/mol. The van der Waals surface area contributed by atoms with Gasteiger partial charge in [-0.15, -0.1) is 0 Å². The van der Waals surface area contributed by atoms with Crippen LogP contribution in [0.1, 0.15) is 48.5 Å². The second-order valence-electron chi connectivity index (χ2n) is 7.13. The number of aromatic hydroxyl groups is 2. The minimum atomic E-state index is -0.0998. The van der Waals surface area contributed by atoms with E-state index in [-0.39, 0.29) is 29.4 Å². The lowest BCUT2D eigenvalue weighted by Crippen LogP contribution is -2.28. The molecule has 26 heavy (non-hydrogen) atoms. The van der Waals surface area contributed by atoms with E-state index in [1.54, 1.807) is 18.2 Å². The van der Waals surface area contributed by atoms with Gasteiger partial charge in [0.1, 0.15) is 23.4 Å². The molecule has 0 radical (unpaired) electrons. The number of hydrogen-bond acceptors (Lipinski definition) is 4. The van der Waals surface area contributed by atoms with Crippen LogP contribution < -0.4 is 4.74 Å². The third-order valence-corrected chi connectivity index (χ3v) is 5.50. The summed E-state index contributed by atoms with van der Waals surface area (Å²) < 4.78 is 12.1. The standard InChI is InChI=1S/C22H24O4/c1-3-25-12-15-10-17(24)11-19-20-13(2)4-9-18(20)21(26-22(15)19)14-5-7-16(23)8-6-14/h5-8,10-11,18,20-21,23-24H,2-4,9,12H2,1H3/t18-,20+,21-/m0/s1. The van der Waals surface area contributed by atoms with Gasteiger partial charge in [0, 0.05) is 29.6 Å². The third kappa shape index (κ3) is 2.84. The first-order chi connectivity index (χ1) is 12.6. The maximum atomic E-state index is 10.2. The van der Waals surface area contributed by atoms with E-state index in [0.717, 1.165) is 35.3 Å². The molecule has 4 rings (SSSR count). The van der Waals surface area contributed by atoms with Crippen molar-refractivity contribution in [1.82, 2.24) is 0 Å². The molecule has 0 unspecified atom stereocenters. The highest BCUT2D eigenvalue weighted by atomic mass is 16.5. The fourth-order valence-corrected chi connectivity index (χ4v) is 4.34. The zero-order chi connectivity index (χ0) is 18.3. The summed E-state index contributed by atoms with van der Waals surface area (Å²) in [6.07, 6.45) is 1.87. The molecule has 4 heteroatoms. The van der Waals surface area contributed by atoms with Gasteiger partial charge in [-0.05, 0) is 49.6 Å². The van der Waals surface area contributed by atoms with E-state index in [9.17, 15) is 10.2 Å². The van der Waals surface area contributed by atoms with Crippen molar-refractivity contribution in [2.75, 3.05) is 6.61 Å². The highest BCUT2D eigenvalue weighted by Crippen LogP contribution is 2.57. The van der Waals surface area contributed by atoms with Crippen molar-refractivity contribution in [3.05, 3.63) is 65.2 Å². The lowest BCUT2D eigenvalue weighted by molar-refractivity contribution is 0.0948. The van der Waals surface area contributed by atoms with E-state index in [1.807, 2.05) is 25.1 Å². The average molecular weight is 352 g/mol. The Morgan fingerprint density at radius 3 is 2.65 bits per heavy atom. The summed E-state index contributed by atoms with van der Waals surface area (Å²) in [4.78, 5) is 0. The molecule has 1 heterocycles. The Labute approximate surface area is 153 Å². The normalized spacial score (nSPS) is 24.0. The predicted octanol–water partition coefficient (Wildman–Crippen LogP) is 4.82. The molecule has 3 atom stereocenters. The molecule has 2 N–H and O–H groups in total. The predicted molar refractivity (Wildman–Crippen MR) is 99.5 cm³/mol. The first kappa shape index (κ1) is 17.0. The van der Waals surface area contributed by atoms with E-state index in [0.29, 0.717) is 13.2 Å². The van der Waals surface area contributed by atoms with Gasteiger partial charge >= 0.3 is 0 Å². The molecule has 1 saturated carbocycles. The fourth-order valence-electron chi connectivity index (χ4n) is 4.34. The van der Waals surface area contributed by atoms with Crippen molar-refractivity contribution in [2.24, 2.45) is 5.92 Å². The van der Waals surface area contributed by atoms with Crippen LogP contribution in [0.4, 0.5) is 0 Å². The topological polar surface area (TPSA) is 58.9 Å². The molecule has 0 bridgehead atoms. The highest BCUT2D eigenvalue weighted by Gasteiger charge is 2.44. The second kappa shape index (κ2) is 6.69. The van der Waals surface area contributed by atoms with Crippen LogP contribution in [-0.4, -0.2) is 16.8 Å². The zero-order valence-electron chi connectivity index (χ0n) is 14.9. The summed E-state index contributed by atoms with van der Waals surface area (Å²) in [6.45, 7) is 7.25. The van der Waals surface area contributed by atoms with Crippen LogP contribution in [0.2, 0.25) is 0 Å². The molecule has 136 valence electrons. The van der Waals surface area contributed by atoms with Crippen LogP contribution >= 0.6 is 0 Å². The van der Waals surface area contributed by atoms with E-state index in [1.165, 1.54) is 5.57 Å². The van der Waals surface area contributed by atoms with E-state index < -0.39 is 0 Å². The van der Waals surface area contributed by atoms with Crippen LogP contribution in [0.25, 0.3) is 0 Å². The minimum Gasteiger partial charge on any atom is -0.508 e.